The molecule has 4 rings (SSSR count). The fourth-order valence-corrected chi connectivity index (χ4v) is 5.52. The molecule has 1 aromatic rings. The molecule has 2 atom stereocenters. The predicted octanol–water partition coefficient (Wildman–Crippen LogP) is 2.88. The Morgan fingerprint density at radius 3 is 2.25 bits per heavy atom. The van der Waals surface area contributed by atoms with Crippen molar-refractivity contribution in [3.8, 4) is 0 Å². The predicted molar refractivity (Wildman–Crippen MR) is 87.9 cm³/mol. The molecule has 3 aliphatic rings. The van der Waals surface area contributed by atoms with E-state index in [1.165, 1.54) is 0 Å². The standard InChI is InChI=1S/C18H24O5S/c1-13-2-4-17(5-3-13)24(19,20)23-12-14-8-15-10-18(11-16(15)9-14)21-6-7-22-18/h2-5,14-16H,6-12H2,1H3. The van der Waals surface area contributed by atoms with Gasteiger partial charge >= 0.3 is 0 Å². The van der Waals surface area contributed by atoms with Crippen LogP contribution < -0.4 is 0 Å². The molecule has 1 aromatic carbocycles. The van der Waals surface area contributed by atoms with Crippen LogP contribution in [0.5, 0.6) is 0 Å². The lowest BCUT2D eigenvalue weighted by molar-refractivity contribution is -0.156. The van der Waals surface area contributed by atoms with E-state index in [9.17, 15) is 8.42 Å². The van der Waals surface area contributed by atoms with Crippen molar-refractivity contribution >= 4 is 10.1 Å². The Labute approximate surface area is 143 Å². The molecule has 132 valence electrons. The van der Waals surface area contributed by atoms with Crippen molar-refractivity contribution in [2.75, 3.05) is 19.8 Å². The fourth-order valence-electron chi connectivity index (χ4n) is 4.55. The van der Waals surface area contributed by atoms with E-state index in [4.69, 9.17) is 13.7 Å². The largest absolute Gasteiger partial charge is 0.348 e. The van der Waals surface area contributed by atoms with Crippen LogP contribution in [-0.2, 0) is 23.8 Å². The van der Waals surface area contributed by atoms with Crippen LogP contribution in [0.4, 0.5) is 0 Å². The highest BCUT2D eigenvalue weighted by atomic mass is 32.2. The maximum Gasteiger partial charge on any atom is 0.296 e. The van der Waals surface area contributed by atoms with Crippen molar-refractivity contribution in [3.05, 3.63) is 29.8 Å². The number of hydrogen-bond acceptors (Lipinski definition) is 5. The number of hydrogen-bond donors (Lipinski definition) is 0. The SMILES string of the molecule is Cc1ccc(S(=O)(=O)OCC2CC3CC4(CC3C2)OCCO4)cc1. The molecule has 0 radical (unpaired) electrons. The maximum absolute atomic E-state index is 12.3. The van der Waals surface area contributed by atoms with Gasteiger partial charge in [-0.3, -0.25) is 4.18 Å². The van der Waals surface area contributed by atoms with Gasteiger partial charge in [0.15, 0.2) is 5.79 Å². The quantitative estimate of drug-likeness (QED) is 0.780. The topological polar surface area (TPSA) is 61.8 Å². The van der Waals surface area contributed by atoms with Crippen LogP contribution in [0.3, 0.4) is 0 Å². The molecule has 0 aromatic heterocycles. The number of benzene rings is 1. The summed E-state index contributed by atoms with van der Waals surface area (Å²) < 4.78 is 41.5. The molecule has 24 heavy (non-hydrogen) atoms. The smallest absolute Gasteiger partial charge is 0.296 e. The maximum atomic E-state index is 12.3. The summed E-state index contributed by atoms with van der Waals surface area (Å²) in [4.78, 5) is 0.234. The minimum Gasteiger partial charge on any atom is -0.348 e. The van der Waals surface area contributed by atoms with Gasteiger partial charge in [-0.1, -0.05) is 17.7 Å². The van der Waals surface area contributed by atoms with Crippen molar-refractivity contribution in [3.63, 3.8) is 0 Å². The minimum absolute atomic E-state index is 0.234. The monoisotopic (exact) mass is 352 g/mol. The van der Waals surface area contributed by atoms with Gasteiger partial charge < -0.3 is 9.47 Å². The second-order valence-corrected chi connectivity index (χ2v) is 9.04. The van der Waals surface area contributed by atoms with Crippen molar-refractivity contribution in [2.45, 2.75) is 43.3 Å². The van der Waals surface area contributed by atoms with Gasteiger partial charge in [-0.05, 0) is 49.7 Å². The molecule has 3 fully saturated rings. The van der Waals surface area contributed by atoms with Crippen LogP contribution in [-0.4, -0.2) is 34.0 Å². The van der Waals surface area contributed by atoms with Gasteiger partial charge in [0.2, 0.25) is 0 Å². The summed E-state index contributed by atoms with van der Waals surface area (Å²) in [7, 11) is -3.66. The average molecular weight is 352 g/mol. The Bertz CT molecular complexity index is 675. The summed E-state index contributed by atoms with van der Waals surface area (Å²) in [5, 5.41) is 0. The van der Waals surface area contributed by atoms with Crippen molar-refractivity contribution < 1.29 is 22.1 Å². The third-order valence-corrected chi connectivity index (χ3v) is 6.96. The normalized spacial score (nSPS) is 31.6. The second-order valence-electron chi connectivity index (χ2n) is 7.43. The molecule has 6 heteroatoms. The van der Waals surface area contributed by atoms with E-state index in [-0.39, 0.29) is 17.3 Å². The van der Waals surface area contributed by atoms with E-state index < -0.39 is 10.1 Å². The van der Waals surface area contributed by atoms with Gasteiger partial charge in [-0.15, -0.1) is 0 Å². The molecule has 2 unspecified atom stereocenters. The van der Waals surface area contributed by atoms with Gasteiger partial charge in [0.05, 0.1) is 24.7 Å². The van der Waals surface area contributed by atoms with Crippen molar-refractivity contribution in [2.24, 2.45) is 17.8 Å². The molecule has 1 heterocycles. The summed E-state index contributed by atoms with van der Waals surface area (Å²) in [6, 6.07) is 6.79. The van der Waals surface area contributed by atoms with E-state index in [1.807, 2.05) is 6.92 Å². The first-order chi connectivity index (χ1) is 11.5. The second kappa shape index (κ2) is 6.09. The first-order valence-electron chi connectivity index (χ1n) is 8.70. The third kappa shape index (κ3) is 3.12. The summed E-state index contributed by atoms with van der Waals surface area (Å²) in [5.41, 5.74) is 1.03. The minimum atomic E-state index is -3.66. The highest BCUT2D eigenvalue weighted by Gasteiger charge is 2.52. The van der Waals surface area contributed by atoms with E-state index >= 15 is 0 Å². The number of ether oxygens (including phenoxy) is 2. The molecule has 2 saturated carbocycles. The molecule has 5 nitrogen and oxygen atoms in total. The zero-order valence-corrected chi connectivity index (χ0v) is 14.8. The Morgan fingerprint density at radius 1 is 1.08 bits per heavy atom. The fraction of sp³-hybridized carbons (Fsp3) is 0.667. The molecular weight excluding hydrogens is 328 g/mol. The number of fused-ring (bicyclic) bond motifs is 1. The lowest BCUT2D eigenvalue weighted by Gasteiger charge is -2.23. The van der Waals surface area contributed by atoms with Gasteiger partial charge in [-0.2, -0.15) is 8.42 Å². The Hall–Kier alpha value is -0.950. The Balaban J connectivity index is 1.33. The van der Waals surface area contributed by atoms with Crippen molar-refractivity contribution in [1.29, 1.82) is 0 Å². The van der Waals surface area contributed by atoms with Crippen LogP contribution in [0, 0.1) is 24.7 Å². The summed E-state index contributed by atoms with van der Waals surface area (Å²) in [5.74, 6) is 1.10. The summed E-state index contributed by atoms with van der Waals surface area (Å²) in [6.07, 6.45) is 3.89. The summed E-state index contributed by atoms with van der Waals surface area (Å²) >= 11 is 0. The summed E-state index contributed by atoms with van der Waals surface area (Å²) in [6.45, 7) is 3.60. The molecule has 1 aliphatic heterocycles. The van der Waals surface area contributed by atoms with Gasteiger partial charge in [0.1, 0.15) is 0 Å². The van der Waals surface area contributed by atoms with E-state index in [0.717, 1.165) is 31.2 Å². The van der Waals surface area contributed by atoms with E-state index in [1.54, 1.807) is 24.3 Å². The van der Waals surface area contributed by atoms with Crippen LogP contribution in [0.2, 0.25) is 0 Å². The molecule has 0 amide bonds. The first-order valence-corrected chi connectivity index (χ1v) is 10.1. The van der Waals surface area contributed by atoms with Gasteiger partial charge in [-0.25, -0.2) is 0 Å². The average Bonchev–Trinajstić information content (AvgIpc) is 3.22. The third-order valence-electron chi connectivity index (χ3n) is 5.67. The Morgan fingerprint density at radius 2 is 1.67 bits per heavy atom. The van der Waals surface area contributed by atoms with Gasteiger partial charge in [0.25, 0.3) is 10.1 Å². The highest BCUT2D eigenvalue weighted by molar-refractivity contribution is 7.86. The molecule has 0 N–H and O–H groups in total. The lowest BCUT2D eigenvalue weighted by atomic mass is 10.0. The molecule has 0 bridgehead atoms. The highest BCUT2D eigenvalue weighted by Crippen LogP contribution is 2.53. The van der Waals surface area contributed by atoms with Gasteiger partial charge in [0, 0.05) is 12.8 Å². The molecule has 1 spiro atoms. The van der Waals surface area contributed by atoms with Crippen LogP contribution in [0.1, 0.15) is 31.2 Å². The number of aryl methyl sites for hydroxylation is 1. The van der Waals surface area contributed by atoms with Crippen LogP contribution in [0.15, 0.2) is 29.2 Å². The van der Waals surface area contributed by atoms with Crippen molar-refractivity contribution in [1.82, 2.24) is 0 Å². The molecule has 2 aliphatic carbocycles. The van der Waals surface area contributed by atoms with E-state index in [2.05, 4.69) is 0 Å². The first kappa shape index (κ1) is 16.5. The molecule has 1 saturated heterocycles. The lowest BCUT2D eigenvalue weighted by Crippen LogP contribution is -2.27. The van der Waals surface area contributed by atoms with Crippen LogP contribution in [0.25, 0.3) is 0 Å². The zero-order chi connectivity index (χ0) is 16.8. The van der Waals surface area contributed by atoms with Crippen LogP contribution >= 0.6 is 0 Å². The zero-order valence-electron chi connectivity index (χ0n) is 13.9. The van der Waals surface area contributed by atoms with E-state index in [0.29, 0.717) is 31.0 Å². The Kier molecular flexibility index (Phi) is 4.19. The number of rotatable bonds is 4. The molecular formula is C18H24O5S.